The summed E-state index contributed by atoms with van der Waals surface area (Å²) in [4.78, 5) is 10.3. The molecule has 0 saturated heterocycles. The quantitative estimate of drug-likeness (QED) is 0.644. The number of carbonyl (C=O) groups is 1. The number of hydrogen-bond donors (Lipinski definition) is 0. The lowest BCUT2D eigenvalue weighted by atomic mass is 10.1. The smallest absolute Gasteiger partial charge is 0.155 e. The van der Waals surface area contributed by atoms with Gasteiger partial charge in [-0.15, -0.1) is 11.3 Å². The van der Waals surface area contributed by atoms with Crippen LogP contribution in [0.2, 0.25) is 0 Å². The highest BCUT2D eigenvalue weighted by molar-refractivity contribution is 7.17. The largest absolute Gasteiger partial charge is 0.298 e. The zero-order valence-corrected chi connectivity index (χ0v) is 7.20. The van der Waals surface area contributed by atoms with Crippen LogP contribution in [0.15, 0.2) is 17.5 Å². The lowest BCUT2D eigenvalue weighted by molar-refractivity contribution is 0.111. The highest BCUT2D eigenvalue weighted by Gasteiger charge is 2.12. The predicted molar refractivity (Wildman–Crippen MR) is 47.1 cm³/mol. The maximum Gasteiger partial charge on any atom is 0.155 e. The number of carbonyl (C=O) groups excluding carboxylic acids is 1. The van der Waals surface area contributed by atoms with E-state index < -0.39 is 17.2 Å². The van der Waals surface area contributed by atoms with Gasteiger partial charge < -0.3 is 0 Å². The number of thiophene rings is 1. The first kappa shape index (κ1) is 8.31. The van der Waals surface area contributed by atoms with E-state index in [9.17, 15) is 13.6 Å². The molecule has 1 aromatic heterocycles. The molecule has 0 fully saturated rings. The summed E-state index contributed by atoms with van der Waals surface area (Å²) in [5.41, 5.74) is -0.495. The SMILES string of the molecule is O=Cc1c(F)cc2sccc2c1F. The van der Waals surface area contributed by atoms with Crippen molar-refractivity contribution in [3.8, 4) is 0 Å². The molecular formula is C9H4F2OS. The van der Waals surface area contributed by atoms with E-state index in [-0.39, 0.29) is 6.29 Å². The minimum Gasteiger partial charge on any atom is -0.298 e. The van der Waals surface area contributed by atoms with Crippen molar-refractivity contribution in [2.45, 2.75) is 0 Å². The van der Waals surface area contributed by atoms with E-state index in [0.717, 1.165) is 0 Å². The van der Waals surface area contributed by atoms with E-state index in [1.165, 1.54) is 23.5 Å². The monoisotopic (exact) mass is 198 g/mol. The Bertz CT molecular complexity index is 476. The Labute approximate surface area is 76.6 Å². The van der Waals surface area contributed by atoms with E-state index in [4.69, 9.17) is 0 Å². The summed E-state index contributed by atoms with van der Waals surface area (Å²) in [5.74, 6) is -1.58. The minimum absolute atomic E-state index is 0.196. The van der Waals surface area contributed by atoms with Gasteiger partial charge in [-0.25, -0.2) is 8.78 Å². The second-order valence-corrected chi connectivity index (χ2v) is 3.48. The third-order valence-electron chi connectivity index (χ3n) is 1.80. The summed E-state index contributed by atoms with van der Waals surface area (Å²) < 4.78 is 26.8. The molecule has 0 unspecified atom stereocenters. The second kappa shape index (κ2) is 2.88. The number of fused-ring (bicyclic) bond motifs is 1. The van der Waals surface area contributed by atoms with Crippen LogP contribution in [0, 0.1) is 11.6 Å². The van der Waals surface area contributed by atoms with Gasteiger partial charge in [0, 0.05) is 10.1 Å². The first-order valence-corrected chi connectivity index (χ1v) is 4.42. The van der Waals surface area contributed by atoms with Gasteiger partial charge in [0.05, 0.1) is 5.56 Å². The average Bonchev–Trinajstić information content (AvgIpc) is 2.53. The van der Waals surface area contributed by atoms with Crippen LogP contribution in [0.3, 0.4) is 0 Å². The molecular weight excluding hydrogens is 194 g/mol. The molecule has 2 rings (SSSR count). The number of halogens is 2. The van der Waals surface area contributed by atoms with Crippen molar-refractivity contribution in [2.75, 3.05) is 0 Å². The fourth-order valence-corrected chi connectivity index (χ4v) is 1.97. The van der Waals surface area contributed by atoms with Crippen LogP contribution < -0.4 is 0 Å². The van der Waals surface area contributed by atoms with Crippen LogP contribution in [-0.4, -0.2) is 6.29 Å². The van der Waals surface area contributed by atoms with Gasteiger partial charge in [-0.05, 0) is 17.5 Å². The van der Waals surface area contributed by atoms with Crippen LogP contribution in [-0.2, 0) is 0 Å². The Morgan fingerprint density at radius 2 is 2.15 bits per heavy atom. The van der Waals surface area contributed by atoms with Gasteiger partial charge in [0.1, 0.15) is 11.6 Å². The molecule has 0 aliphatic carbocycles. The molecule has 1 heterocycles. The van der Waals surface area contributed by atoms with Crippen molar-refractivity contribution in [2.24, 2.45) is 0 Å². The Morgan fingerprint density at radius 1 is 1.38 bits per heavy atom. The lowest BCUT2D eigenvalue weighted by Gasteiger charge is -1.97. The molecule has 0 saturated carbocycles. The summed E-state index contributed by atoms with van der Waals surface area (Å²) in [6, 6.07) is 2.70. The predicted octanol–water partition coefficient (Wildman–Crippen LogP) is 2.99. The molecule has 4 heteroatoms. The average molecular weight is 198 g/mol. The van der Waals surface area contributed by atoms with Crippen molar-refractivity contribution < 1.29 is 13.6 Å². The van der Waals surface area contributed by atoms with Crippen LogP contribution >= 0.6 is 11.3 Å². The van der Waals surface area contributed by atoms with Gasteiger partial charge in [-0.3, -0.25) is 4.79 Å². The molecule has 0 aliphatic rings. The second-order valence-electron chi connectivity index (χ2n) is 2.54. The van der Waals surface area contributed by atoms with Gasteiger partial charge in [0.15, 0.2) is 6.29 Å². The molecule has 0 spiro atoms. The topological polar surface area (TPSA) is 17.1 Å². The Hall–Kier alpha value is -1.29. The Kier molecular flexibility index (Phi) is 1.84. The fraction of sp³-hybridized carbons (Fsp3) is 0. The molecule has 13 heavy (non-hydrogen) atoms. The molecule has 1 nitrogen and oxygen atoms in total. The van der Waals surface area contributed by atoms with E-state index in [2.05, 4.69) is 0 Å². The summed E-state index contributed by atoms with van der Waals surface area (Å²) in [6.45, 7) is 0. The molecule has 0 bridgehead atoms. The summed E-state index contributed by atoms with van der Waals surface area (Å²) in [7, 11) is 0. The zero-order chi connectivity index (χ0) is 9.42. The van der Waals surface area contributed by atoms with Gasteiger partial charge in [0.2, 0.25) is 0 Å². The Balaban J connectivity index is 2.92. The number of aldehydes is 1. The number of rotatable bonds is 1. The summed E-state index contributed by atoms with van der Waals surface area (Å²) >= 11 is 1.24. The van der Waals surface area contributed by atoms with Crippen molar-refractivity contribution >= 4 is 27.7 Å². The molecule has 0 amide bonds. The van der Waals surface area contributed by atoms with E-state index in [1.807, 2.05) is 0 Å². The highest BCUT2D eigenvalue weighted by atomic mass is 32.1. The molecule has 0 atom stereocenters. The molecule has 0 N–H and O–H groups in total. The Morgan fingerprint density at radius 3 is 2.85 bits per heavy atom. The van der Waals surface area contributed by atoms with E-state index in [0.29, 0.717) is 10.1 Å². The van der Waals surface area contributed by atoms with Gasteiger partial charge in [0.25, 0.3) is 0 Å². The fourth-order valence-electron chi connectivity index (χ4n) is 1.16. The summed E-state index contributed by atoms with van der Waals surface area (Å²) in [6.07, 6.45) is 0.196. The standard InChI is InChI=1S/C9H4F2OS/c10-7-3-8-5(1-2-13-8)9(11)6(7)4-12/h1-4H. The maximum absolute atomic E-state index is 13.3. The van der Waals surface area contributed by atoms with Crippen LogP contribution in [0.4, 0.5) is 8.78 Å². The van der Waals surface area contributed by atoms with Gasteiger partial charge in [-0.2, -0.15) is 0 Å². The van der Waals surface area contributed by atoms with Crippen molar-refractivity contribution in [3.05, 3.63) is 34.7 Å². The molecule has 0 radical (unpaired) electrons. The number of hydrogen-bond acceptors (Lipinski definition) is 2. The molecule has 1 aromatic carbocycles. The van der Waals surface area contributed by atoms with Crippen LogP contribution in [0.1, 0.15) is 10.4 Å². The van der Waals surface area contributed by atoms with Crippen LogP contribution in [0.25, 0.3) is 10.1 Å². The molecule has 0 aliphatic heterocycles. The van der Waals surface area contributed by atoms with Gasteiger partial charge in [-0.1, -0.05) is 0 Å². The summed E-state index contributed by atoms with van der Waals surface area (Å²) in [5, 5.41) is 1.95. The first-order valence-electron chi connectivity index (χ1n) is 3.54. The lowest BCUT2D eigenvalue weighted by Crippen LogP contribution is -1.92. The minimum atomic E-state index is -0.803. The third-order valence-corrected chi connectivity index (χ3v) is 2.66. The maximum atomic E-state index is 13.3. The van der Waals surface area contributed by atoms with Crippen molar-refractivity contribution in [3.63, 3.8) is 0 Å². The van der Waals surface area contributed by atoms with Crippen LogP contribution in [0.5, 0.6) is 0 Å². The third kappa shape index (κ3) is 1.14. The van der Waals surface area contributed by atoms with E-state index in [1.54, 1.807) is 5.38 Å². The van der Waals surface area contributed by atoms with Gasteiger partial charge >= 0.3 is 0 Å². The van der Waals surface area contributed by atoms with Crippen molar-refractivity contribution in [1.82, 2.24) is 0 Å². The molecule has 66 valence electrons. The zero-order valence-electron chi connectivity index (χ0n) is 6.38. The number of benzene rings is 1. The first-order chi connectivity index (χ1) is 6.24. The van der Waals surface area contributed by atoms with E-state index >= 15 is 0 Å². The molecule has 2 aromatic rings. The highest BCUT2D eigenvalue weighted by Crippen LogP contribution is 2.27. The van der Waals surface area contributed by atoms with Crippen molar-refractivity contribution in [1.29, 1.82) is 0 Å². The normalized spacial score (nSPS) is 10.6.